The molecule has 0 amide bonds. The SMILES string of the molecule is S=c1[nH]nc(-c2cc3ccccc3[nH]2)n1/N=C/c1ccc(OCc2ccccc2)cc1. The van der Waals surface area contributed by atoms with Gasteiger partial charge in [-0.2, -0.15) is 14.9 Å². The highest BCUT2D eigenvalue weighted by molar-refractivity contribution is 7.71. The Morgan fingerprint density at radius 3 is 2.55 bits per heavy atom. The monoisotopic (exact) mass is 425 g/mol. The molecule has 6 nitrogen and oxygen atoms in total. The van der Waals surface area contributed by atoms with Gasteiger partial charge < -0.3 is 9.72 Å². The van der Waals surface area contributed by atoms with Crippen molar-refractivity contribution in [1.29, 1.82) is 0 Å². The Balaban J connectivity index is 1.34. The third-order valence-electron chi connectivity index (χ3n) is 4.87. The Labute approximate surface area is 183 Å². The van der Waals surface area contributed by atoms with E-state index in [0.717, 1.165) is 33.5 Å². The van der Waals surface area contributed by atoms with Gasteiger partial charge >= 0.3 is 0 Å². The van der Waals surface area contributed by atoms with Gasteiger partial charge in [0.15, 0.2) is 5.82 Å². The van der Waals surface area contributed by atoms with Crippen molar-refractivity contribution in [3.63, 3.8) is 0 Å². The molecular weight excluding hydrogens is 406 g/mol. The van der Waals surface area contributed by atoms with Crippen molar-refractivity contribution in [2.45, 2.75) is 6.61 Å². The minimum Gasteiger partial charge on any atom is -0.489 e. The molecule has 5 aromatic rings. The predicted molar refractivity (Wildman–Crippen MR) is 125 cm³/mol. The number of fused-ring (bicyclic) bond motifs is 1. The zero-order valence-corrected chi connectivity index (χ0v) is 17.3. The number of nitrogens with zero attached hydrogens (tertiary/aromatic N) is 3. The van der Waals surface area contributed by atoms with Gasteiger partial charge in [0, 0.05) is 10.9 Å². The molecule has 0 spiro atoms. The molecule has 2 heterocycles. The summed E-state index contributed by atoms with van der Waals surface area (Å²) in [6.07, 6.45) is 1.75. The minimum absolute atomic E-state index is 0.424. The van der Waals surface area contributed by atoms with Crippen LogP contribution in [0.5, 0.6) is 5.75 Å². The first-order valence-electron chi connectivity index (χ1n) is 9.83. The van der Waals surface area contributed by atoms with Crippen LogP contribution < -0.4 is 4.74 Å². The summed E-state index contributed by atoms with van der Waals surface area (Å²) in [6, 6.07) is 27.9. The second-order valence-corrected chi connectivity index (χ2v) is 7.41. The largest absolute Gasteiger partial charge is 0.489 e. The van der Waals surface area contributed by atoms with E-state index in [1.54, 1.807) is 10.9 Å². The number of nitrogens with one attached hydrogen (secondary N) is 2. The van der Waals surface area contributed by atoms with E-state index in [0.29, 0.717) is 17.2 Å². The summed E-state index contributed by atoms with van der Waals surface area (Å²) in [4.78, 5) is 3.36. The Hall–Kier alpha value is -3.97. The molecular formula is C24H19N5OS. The fourth-order valence-electron chi connectivity index (χ4n) is 3.28. The molecule has 0 unspecified atom stereocenters. The molecule has 3 aromatic carbocycles. The van der Waals surface area contributed by atoms with Crippen molar-refractivity contribution >= 4 is 29.3 Å². The van der Waals surface area contributed by atoms with Crippen LogP contribution in [0.1, 0.15) is 11.1 Å². The van der Waals surface area contributed by atoms with E-state index in [4.69, 9.17) is 17.0 Å². The van der Waals surface area contributed by atoms with Crippen LogP contribution in [0.2, 0.25) is 0 Å². The normalized spacial score (nSPS) is 11.4. The van der Waals surface area contributed by atoms with E-state index in [-0.39, 0.29) is 0 Å². The third kappa shape index (κ3) is 4.17. The van der Waals surface area contributed by atoms with Gasteiger partial charge in [-0.3, -0.25) is 0 Å². The van der Waals surface area contributed by atoms with Crippen LogP contribution in [0.4, 0.5) is 0 Å². The number of hydrogen-bond donors (Lipinski definition) is 2. The second-order valence-electron chi connectivity index (χ2n) is 7.02. The summed E-state index contributed by atoms with van der Waals surface area (Å²) < 4.78 is 7.87. The summed E-state index contributed by atoms with van der Waals surface area (Å²) in [6.45, 7) is 0.534. The van der Waals surface area contributed by atoms with Crippen LogP contribution in [0.15, 0.2) is 90.0 Å². The summed E-state index contributed by atoms with van der Waals surface area (Å²) in [5, 5.41) is 12.8. The maximum absolute atomic E-state index is 5.84. The maximum Gasteiger partial charge on any atom is 0.216 e. The predicted octanol–water partition coefficient (Wildman–Crippen LogP) is 5.55. The molecule has 0 bridgehead atoms. The highest BCUT2D eigenvalue weighted by Gasteiger charge is 2.11. The summed E-state index contributed by atoms with van der Waals surface area (Å²) >= 11 is 5.37. The first kappa shape index (κ1) is 19.0. The van der Waals surface area contributed by atoms with Crippen molar-refractivity contribution in [3.05, 3.63) is 101 Å². The van der Waals surface area contributed by atoms with Crippen molar-refractivity contribution in [3.8, 4) is 17.3 Å². The Bertz CT molecular complexity index is 1360. The number of aromatic amines is 2. The van der Waals surface area contributed by atoms with E-state index in [1.807, 2.05) is 84.9 Å². The minimum atomic E-state index is 0.424. The molecule has 0 fully saturated rings. The van der Waals surface area contributed by atoms with E-state index in [2.05, 4.69) is 20.3 Å². The number of rotatable bonds is 6. The quantitative estimate of drug-likeness (QED) is 0.277. The van der Waals surface area contributed by atoms with Gasteiger partial charge in [-0.15, -0.1) is 0 Å². The molecule has 7 heteroatoms. The lowest BCUT2D eigenvalue weighted by Gasteiger charge is -2.06. The van der Waals surface area contributed by atoms with Crippen LogP contribution >= 0.6 is 12.2 Å². The van der Waals surface area contributed by atoms with Crippen molar-refractivity contribution in [1.82, 2.24) is 19.9 Å². The smallest absolute Gasteiger partial charge is 0.216 e. The Morgan fingerprint density at radius 1 is 0.968 bits per heavy atom. The van der Waals surface area contributed by atoms with Crippen LogP contribution in [0.3, 0.4) is 0 Å². The Morgan fingerprint density at radius 2 is 1.74 bits per heavy atom. The Kier molecular flexibility index (Phi) is 5.16. The third-order valence-corrected chi connectivity index (χ3v) is 5.14. The standard InChI is InChI=1S/C24H19N5OS/c31-24-28-27-23(22-14-19-8-4-5-9-21(19)26-22)29(24)25-15-17-10-12-20(13-11-17)30-16-18-6-2-1-3-7-18/h1-15,26H,16H2,(H,28,31)/b25-15+. The maximum atomic E-state index is 5.84. The summed E-state index contributed by atoms with van der Waals surface area (Å²) in [7, 11) is 0. The number of H-pyrrole nitrogens is 2. The van der Waals surface area contributed by atoms with Crippen LogP contribution in [-0.2, 0) is 6.61 Å². The number of ether oxygens (including phenoxy) is 1. The molecule has 5 rings (SSSR count). The van der Waals surface area contributed by atoms with Gasteiger partial charge in [-0.1, -0.05) is 48.5 Å². The fraction of sp³-hybridized carbons (Fsp3) is 0.0417. The average Bonchev–Trinajstić information content (AvgIpc) is 3.40. The lowest BCUT2D eigenvalue weighted by Crippen LogP contribution is -1.96. The summed E-state index contributed by atoms with van der Waals surface area (Å²) in [5.74, 6) is 1.43. The highest BCUT2D eigenvalue weighted by Crippen LogP contribution is 2.22. The molecule has 0 aliphatic carbocycles. The van der Waals surface area contributed by atoms with Crippen LogP contribution in [0, 0.1) is 4.77 Å². The summed E-state index contributed by atoms with van der Waals surface area (Å²) in [5.41, 5.74) is 3.94. The number of para-hydroxylation sites is 1. The van der Waals surface area contributed by atoms with E-state index < -0.39 is 0 Å². The van der Waals surface area contributed by atoms with Gasteiger partial charge in [-0.05, 0) is 59.7 Å². The van der Waals surface area contributed by atoms with Crippen molar-refractivity contribution in [2.24, 2.45) is 5.10 Å². The first-order chi connectivity index (χ1) is 15.3. The topological polar surface area (TPSA) is 71.0 Å². The van der Waals surface area contributed by atoms with E-state index >= 15 is 0 Å². The highest BCUT2D eigenvalue weighted by atomic mass is 32.1. The zero-order chi connectivity index (χ0) is 21.0. The van der Waals surface area contributed by atoms with Gasteiger partial charge in [0.05, 0.1) is 11.9 Å². The molecule has 2 aromatic heterocycles. The molecule has 0 aliphatic heterocycles. The zero-order valence-electron chi connectivity index (χ0n) is 16.5. The molecule has 0 atom stereocenters. The van der Waals surface area contributed by atoms with Gasteiger partial charge in [-0.25, -0.2) is 5.10 Å². The first-order valence-corrected chi connectivity index (χ1v) is 10.2. The van der Waals surface area contributed by atoms with Gasteiger partial charge in [0.25, 0.3) is 0 Å². The van der Waals surface area contributed by atoms with E-state index in [1.165, 1.54) is 0 Å². The van der Waals surface area contributed by atoms with E-state index in [9.17, 15) is 0 Å². The lowest BCUT2D eigenvalue weighted by molar-refractivity contribution is 0.306. The van der Waals surface area contributed by atoms with Crippen LogP contribution in [-0.4, -0.2) is 26.1 Å². The molecule has 0 radical (unpaired) electrons. The molecule has 0 saturated carbocycles. The van der Waals surface area contributed by atoms with Crippen LogP contribution in [0.25, 0.3) is 22.4 Å². The number of benzene rings is 3. The molecule has 31 heavy (non-hydrogen) atoms. The molecule has 2 N–H and O–H groups in total. The van der Waals surface area contributed by atoms with Crippen molar-refractivity contribution < 1.29 is 4.74 Å². The van der Waals surface area contributed by atoms with Crippen molar-refractivity contribution in [2.75, 3.05) is 0 Å². The molecule has 0 aliphatic rings. The lowest BCUT2D eigenvalue weighted by atomic mass is 10.2. The fourth-order valence-corrected chi connectivity index (χ4v) is 3.46. The molecule has 152 valence electrons. The number of hydrogen-bond acceptors (Lipinski definition) is 4. The average molecular weight is 426 g/mol. The van der Waals surface area contributed by atoms with Gasteiger partial charge in [0.1, 0.15) is 12.4 Å². The van der Waals surface area contributed by atoms with Gasteiger partial charge in [0.2, 0.25) is 4.77 Å². The molecule has 0 saturated heterocycles. The number of aromatic nitrogens is 4. The second kappa shape index (κ2) is 8.41.